The highest BCUT2D eigenvalue weighted by molar-refractivity contribution is 5.76. The summed E-state index contributed by atoms with van der Waals surface area (Å²) >= 11 is 0. The van der Waals surface area contributed by atoms with E-state index in [4.69, 9.17) is 15.3 Å². The topological polar surface area (TPSA) is 63.9 Å². The van der Waals surface area contributed by atoms with Crippen molar-refractivity contribution in [1.82, 2.24) is 0 Å². The maximum Gasteiger partial charge on any atom is 0.0461 e. The van der Waals surface area contributed by atoms with Crippen LogP contribution in [0.4, 0.5) is 17.1 Å². The summed E-state index contributed by atoms with van der Waals surface area (Å²) in [7, 11) is 0. The van der Waals surface area contributed by atoms with Crippen molar-refractivity contribution in [2.45, 2.75) is 96.3 Å². The molecule has 3 N–H and O–H groups in total. The Bertz CT molecular complexity index is 894. The zero-order valence-electron chi connectivity index (χ0n) is 24.4. The van der Waals surface area contributed by atoms with E-state index in [0.717, 1.165) is 113 Å². The first-order valence-electron chi connectivity index (χ1n) is 15.6. The summed E-state index contributed by atoms with van der Waals surface area (Å²) in [6.07, 6.45) is 16.2. The molecule has 0 fully saturated rings. The summed E-state index contributed by atoms with van der Waals surface area (Å²) in [5, 5.41) is 27.0. The number of aliphatic hydroxyl groups excluding tert-OH is 3. The third-order valence-corrected chi connectivity index (χ3v) is 7.70. The Kier molecular flexibility index (Phi) is 15.5. The largest absolute Gasteiger partial charge is 0.396 e. The van der Waals surface area contributed by atoms with Crippen LogP contribution in [0.1, 0.15) is 93.7 Å². The van der Waals surface area contributed by atoms with Gasteiger partial charge in [0, 0.05) is 36.9 Å². The lowest BCUT2D eigenvalue weighted by Gasteiger charge is -2.26. The van der Waals surface area contributed by atoms with Gasteiger partial charge in [0.15, 0.2) is 0 Å². The molecule has 0 spiro atoms. The van der Waals surface area contributed by atoms with Crippen LogP contribution in [0, 0.1) is 0 Å². The van der Waals surface area contributed by atoms with Crippen LogP contribution in [0.15, 0.2) is 72.8 Å². The number of unbranched alkanes of at least 4 members (excludes halogenated alkanes) is 9. The van der Waals surface area contributed by atoms with Gasteiger partial charge in [0.2, 0.25) is 0 Å². The standard InChI is InChI=1S/C36H51NO3/c38-28-10-4-1-7-13-31-16-22-34(23-17-31)37(35-24-18-32(19-25-35)14-8-2-5-11-29-39)36-26-20-33(21-27-36)15-9-3-6-12-30-40/h16-27,38-40H,1-15,28-30H2. The number of hydrogen-bond donors (Lipinski definition) is 3. The van der Waals surface area contributed by atoms with Crippen molar-refractivity contribution in [3.05, 3.63) is 89.5 Å². The number of benzene rings is 3. The summed E-state index contributed by atoms with van der Waals surface area (Å²) in [4.78, 5) is 2.35. The van der Waals surface area contributed by atoms with Crippen LogP contribution >= 0.6 is 0 Å². The maximum absolute atomic E-state index is 9.00. The second-order valence-corrected chi connectivity index (χ2v) is 11.0. The molecule has 0 bridgehead atoms. The van der Waals surface area contributed by atoms with E-state index in [9.17, 15) is 0 Å². The summed E-state index contributed by atoms with van der Waals surface area (Å²) in [6.45, 7) is 0.880. The van der Waals surface area contributed by atoms with Gasteiger partial charge in [-0.2, -0.15) is 0 Å². The van der Waals surface area contributed by atoms with Crippen LogP contribution in [0.25, 0.3) is 0 Å². The summed E-state index contributed by atoms with van der Waals surface area (Å²) in [5.74, 6) is 0. The van der Waals surface area contributed by atoms with E-state index in [1.54, 1.807) is 0 Å². The highest BCUT2D eigenvalue weighted by atomic mass is 16.3. The van der Waals surface area contributed by atoms with E-state index in [1.165, 1.54) is 16.7 Å². The minimum Gasteiger partial charge on any atom is -0.396 e. The average molecular weight is 546 g/mol. The molecule has 3 rings (SSSR count). The highest BCUT2D eigenvalue weighted by Crippen LogP contribution is 2.35. The monoisotopic (exact) mass is 545 g/mol. The van der Waals surface area contributed by atoms with Crippen molar-refractivity contribution in [2.75, 3.05) is 24.7 Å². The molecular formula is C36H51NO3. The summed E-state index contributed by atoms with van der Waals surface area (Å²) < 4.78 is 0. The van der Waals surface area contributed by atoms with E-state index >= 15 is 0 Å². The number of nitrogens with zero attached hydrogens (tertiary/aromatic N) is 1. The van der Waals surface area contributed by atoms with Gasteiger partial charge in [0.05, 0.1) is 0 Å². The number of aryl methyl sites for hydroxylation is 3. The molecule has 0 saturated carbocycles. The average Bonchev–Trinajstić information content (AvgIpc) is 2.99. The van der Waals surface area contributed by atoms with Gasteiger partial charge < -0.3 is 20.2 Å². The number of anilines is 3. The first-order chi connectivity index (χ1) is 19.7. The summed E-state index contributed by atoms with van der Waals surface area (Å²) in [6, 6.07) is 27.0. The molecule has 0 aliphatic rings. The van der Waals surface area contributed by atoms with Gasteiger partial charge in [-0.15, -0.1) is 0 Å². The number of aliphatic hydroxyl groups is 3. The molecule has 0 aliphatic heterocycles. The van der Waals surface area contributed by atoms with Gasteiger partial charge in [0.1, 0.15) is 0 Å². The third kappa shape index (κ3) is 11.4. The molecule has 3 aromatic rings. The van der Waals surface area contributed by atoms with Gasteiger partial charge >= 0.3 is 0 Å². The SMILES string of the molecule is OCCCCCCc1ccc(N(c2ccc(CCCCCCO)cc2)c2ccc(CCCCCCO)cc2)cc1. The van der Waals surface area contributed by atoms with Crippen molar-refractivity contribution in [2.24, 2.45) is 0 Å². The Morgan fingerprint density at radius 3 is 0.825 bits per heavy atom. The fourth-order valence-electron chi connectivity index (χ4n) is 5.27. The molecule has 0 radical (unpaired) electrons. The summed E-state index contributed by atoms with van der Waals surface area (Å²) in [5.41, 5.74) is 7.58. The molecule has 0 aromatic heterocycles. The third-order valence-electron chi connectivity index (χ3n) is 7.70. The molecule has 4 heteroatoms. The predicted molar refractivity (Wildman–Crippen MR) is 169 cm³/mol. The Morgan fingerprint density at radius 2 is 0.575 bits per heavy atom. The lowest BCUT2D eigenvalue weighted by atomic mass is 10.0. The molecule has 4 nitrogen and oxygen atoms in total. The van der Waals surface area contributed by atoms with Crippen molar-refractivity contribution < 1.29 is 15.3 Å². The fourth-order valence-corrected chi connectivity index (χ4v) is 5.27. The smallest absolute Gasteiger partial charge is 0.0461 e. The Hall–Kier alpha value is -2.66. The maximum atomic E-state index is 9.00. The van der Waals surface area contributed by atoms with Crippen LogP contribution in [-0.2, 0) is 19.3 Å². The first kappa shape index (κ1) is 31.9. The van der Waals surface area contributed by atoms with Crippen molar-refractivity contribution in [1.29, 1.82) is 0 Å². The minimum absolute atomic E-state index is 0.293. The van der Waals surface area contributed by atoms with Crippen molar-refractivity contribution >= 4 is 17.1 Å². The normalized spacial score (nSPS) is 11.2. The van der Waals surface area contributed by atoms with Crippen LogP contribution in [0.3, 0.4) is 0 Å². The predicted octanol–water partition coefficient (Wildman–Crippen LogP) is 8.44. The van der Waals surface area contributed by atoms with E-state index in [2.05, 4.69) is 77.7 Å². The second kappa shape index (κ2) is 19.4. The second-order valence-electron chi connectivity index (χ2n) is 11.0. The van der Waals surface area contributed by atoms with E-state index in [-0.39, 0.29) is 0 Å². The van der Waals surface area contributed by atoms with Gasteiger partial charge in [-0.1, -0.05) is 74.9 Å². The van der Waals surface area contributed by atoms with E-state index in [0.29, 0.717) is 19.8 Å². The van der Waals surface area contributed by atoms with E-state index < -0.39 is 0 Å². The quantitative estimate of drug-likeness (QED) is 0.118. The van der Waals surface area contributed by atoms with Crippen molar-refractivity contribution in [3.63, 3.8) is 0 Å². The molecule has 218 valence electrons. The molecule has 0 unspecified atom stereocenters. The lowest BCUT2D eigenvalue weighted by Crippen LogP contribution is -2.10. The van der Waals surface area contributed by atoms with Crippen LogP contribution in [0.5, 0.6) is 0 Å². The van der Waals surface area contributed by atoms with Gasteiger partial charge in [-0.25, -0.2) is 0 Å². The Labute approximate surface area is 242 Å². The highest BCUT2D eigenvalue weighted by Gasteiger charge is 2.13. The molecule has 40 heavy (non-hydrogen) atoms. The molecule has 0 amide bonds. The first-order valence-corrected chi connectivity index (χ1v) is 15.6. The lowest BCUT2D eigenvalue weighted by molar-refractivity contribution is 0.282. The number of hydrogen-bond acceptors (Lipinski definition) is 4. The molecule has 0 atom stereocenters. The minimum atomic E-state index is 0.293. The fraction of sp³-hybridized carbons (Fsp3) is 0.500. The van der Waals surface area contributed by atoms with Crippen molar-refractivity contribution in [3.8, 4) is 0 Å². The van der Waals surface area contributed by atoms with E-state index in [1.807, 2.05) is 0 Å². The van der Waals surface area contributed by atoms with Gasteiger partial charge in [-0.05, 0) is 111 Å². The van der Waals surface area contributed by atoms with Gasteiger partial charge in [0.25, 0.3) is 0 Å². The van der Waals surface area contributed by atoms with Crippen LogP contribution in [0.2, 0.25) is 0 Å². The van der Waals surface area contributed by atoms with Crippen LogP contribution < -0.4 is 4.90 Å². The zero-order valence-corrected chi connectivity index (χ0v) is 24.4. The zero-order chi connectivity index (χ0) is 28.3. The number of rotatable bonds is 21. The molecule has 0 heterocycles. The Morgan fingerprint density at radius 1 is 0.325 bits per heavy atom. The molecule has 0 aliphatic carbocycles. The molecule has 3 aromatic carbocycles. The molecular weight excluding hydrogens is 494 g/mol. The Balaban J connectivity index is 1.71. The molecule has 0 saturated heterocycles. The van der Waals surface area contributed by atoms with Gasteiger partial charge in [-0.3, -0.25) is 0 Å². The van der Waals surface area contributed by atoms with Crippen LogP contribution in [-0.4, -0.2) is 35.1 Å².